The van der Waals surface area contributed by atoms with Gasteiger partial charge in [-0.1, -0.05) is 35.3 Å². The van der Waals surface area contributed by atoms with Gasteiger partial charge in [-0.15, -0.1) is 0 Å². The van der Waals surface area contributed by atoms with Gasteiger partial charge in [0.25, 0.3) is 0 Å². The van der Waals surface area contributed by atoms with Gasteiger partial charge in [0.05, 0.1) is 6.54 Å². The maximum absolute atomic E-state index is 6.11. The monoisotopic (exact) mass is 336 g/mol. The Hall–Kier alpha value is -1.26. The summed E-state index contributed by atoms with van der Waals surface area (Å²) in [6.07, 6.45) is 6.32. The zero-order valence-electron chi connectivity index (χ0n) is 11.8. The Morgan fingerprint density at radius 3 is 2.95 bits per heavy atom. The van der Waals surface area contributed by atoms with Crippen molar-refractivity contribution in [1.82, 2.24) is 4.57 Å². The topological polar surface area (TPSA) is 40.2 Å². The molecule has 1 heterocycles. The smallest absolute Gasteiger partial charge is 0.120 e. The van der Waals surface area contributed by atoms with Gasteiger partial charge in [0.1, 0.15) is 12.4 Å². The van der Waals surface area contributed by atoms with Crippen molar-refractivity contribution in [1.29, 1.82) is 0 Å². The molecule has 0 bridgehead atoms. The van der Waals surface area contributed by atoms with E-state index in [1.807, 2.05) is 24.3 Å². The van der Waals surface area contributed by atoms with Gasteiger partial charge >= 0.3 is 0 Å². The van der Waals surface area contributed by atoms with Crippen molar-refractivity contribution in [2.45, 2.75) is 32.4 Å². The lowest BCUT2D eigenvalue weighted by Gasteiger charge is -2.09. The molecule has 1 aromatic carbocycles. The van der Waals surface area contributed by atoms with Crippen LogP contribution in [-0.4, -0.2) is 11.2 Å². The first-order valence-electron chi connectivity index (χ1n) is 6.98. The molecule has 2 rings (SSSR count). The average molecular weight is 337 g/mol. The molecule has 0 saturated carbocycles. The highest BCUT2D eigenvalue weighted by Crippen LogP contribution is 2.18. The Bertz CT molecular complexity index is 539. The highest BCUT2D eigenvalue weighted by atomic mass is 79.9. The highest BCUT2D eigenvalue weighted by molar-refractivity contribution is 9.10. The number of rotatable bonds is 7. The predicted octanol–water partition coefficient (Wildman–Crippen LogP) is 4.13. The Balaban J connectivity index is 1.82. The molecule has 108 valence electrons. The number of ether oxygens (including phenoxy) is 1. The van der Waals surface area contributed by atoms with Crippen LogP contribution >= 0.6 is 15.9 Å². The minimum atomic E-state index is 0.146. The first kappa shape index (κ1) is 15.1. The van der Waals surface area contributed by atoms with E-state index in [-0.39, 0.29) is 6.04 Å². The van der Waals surface area contributed by atoms with E-state index in [0.29, 0.717) is 6.61 Å². The standard InChI is InChI=1S/C16H21BrN2O/c1-2-4-16(18)13-7-8-19(12-13)9-10-20-15-6-3-5-14(17)11-15/h3,5-8,11-12,16H,2,4,9-10,18H2,1H3. The lowest BCUT2D eigenvalue weighted by Crippen LogP contribution is -2.09. The molecule has 0 aliphatic heterocycles. The van der Waals surface area contributed by atoms with E-state index in [4.69, 9.17) is 10.5 Å². The maximum Gasteiger partial charge on any atom is 0.120 e. The van der Waals surface area contributed by atoms with Crippen LogP contribution in [0, 0.1) is 0 Å². The molecule has 1 unspecified atom stereocenters. The van der Waals surface area contributed by atoms with Crippen molar-refractivity contribution in [2.24, 2.45) is 5.73 Å². The normalized spacial score (nSPS) is 12.3. The third kappa shape index (κ3) is 4.39. The number of benzene rings is 1. The van der Waals surface area contributed by atoms with Crippen molar-refractivity contribution < 1.29 is 4.74 Å². The second-order valence-electron chi connectivity index (χ2n) is 4.88. The summed E-state index contributed by atoms with van der Waals surface area (Å²) in [6, 6.07) is 10.1. The molecule has 0 amide bonds. The molecule has 2 aromatic rings. The predicted molar refractivity (Wildman–Crippen MR) is 85.9 cm³/mol. The summed E-state index contributed by atoms with van der Waals surface area (Å²) in [6.45, 7) is 3.63. The summed E-state index contributed by atoms with van der Waals surface area (Å²) in [5.74, 6) is 0.884. The highest BCUT2D eigenvalue weighted by Gasteiger charge is 2.06. The Kier molecular flexibility index (Phi) is 5.68. The number of nitrogens with two attached hydrogens (primary N) is 1. The van der Waals surface area contributed by atoms with Gasteiger partial charge in [-0.25, -0.2) is 0 Å². The fourth-order valence-corrected chi connectivity index (χ4v) is 2.50. The summed E-state index contributed by atoms with van der Waals surface area (Å²) in [7, 11) is 0. The summed E-state index contributed by atoms with van der Waals surface area (Å²) < 4.78 is 8.89. The molecule has 1 atom stereocenters. The number of hydrogen-bond acceptors (Lipinski definition) is 2. The first-order chi connectivity index (χ1) is 9.69. The Morgan fingerprint density at radius 2 is 2.20 bits per heavy atom. The van der Waals surface area contributed by atoms with E-state index in [1.165, 1.54) is 5.56 Å². The molecule has 20 heavy (non-hydrogen) atoms. The molecule has 2 N–H and O–H groups in total. The van der Waals surface area contributed by atoms with Crippen LogP contribution in [-0.2, 0) is 6.54 Å². The third-order valence-corrected chi connectivity index (χ3v) is 3.71. The largest absolute Gasteiger partial charge is 0.492 e. The SMILES string of the molecule is CCCC(N)c1ccn(CCOc2cccc(Br)c2)c1. The van der Waals surface area contributed by atoms with Crippen LogP contribution in [0.15, 0.2) is 47.2 Å². The number of nitrogens with zero attached hydrogens (tertiary/aromatic N) is 1. The van der Waals surface area contributed by atoms with Gasteiger partial charge in [0.2, 0.25) is 0 Å². The average Bonchev–Trinajstić information content (AvgIpc) is 2.88. The van der Waals surface area contributed by atoms with Gasteiger partial charge < -0.3 is 15.0 Å². The quantitative estimate of drug-likeness (QED) is 0.825. The second-order valence-corrected chi connectivity index (χ2v) is 5.80. The van der Waals surface area contributed by atoms with Crippen LogP contribution in [0.25, 0.3) is 0 Å². The van der Waals surface area contributed by atoms with Crippen molar-refractivity contribution in [3.05, 3.63) is 52.8 Å². The lowest BCUT2D eigenvalue weighted by molar-refractivity contribution is 0.298. The van der Waals surface area contributed by atoms with Crippen LogP contribution < -0.4 is 10.5 Å². The summed E-state index contributed by atoms with van der Waals surface area (Å²) in [4.78, 5) is 0. The number of hydrogen-bond donors (Lipinski definition) is 1. The fourth-order valence-electron chi connectivity index (χ4n) is 2.12. The second kappa shape index (κ2) is 7.50. The van der Waals surface area contributed by atoms with Crippen LogP contribution in [0.4, 0.5) is 0 Å². The van der Waals surface area contributed by atoms with E-state index in [0.717, 1.165) is 29.6 Å². The molecule has 3 nitrogen and oxygen atoms in total. The van der Waals surface area contributed by atoms with Crippen molar-refractivity contribution in [2.75, 3.05) is 6.61 Å². The first-order valence-corrected chi connectivity index (χ1v) is 7.78. The molecule has 0 fully saturated rings. The van der Waals surface area contributed by atoms with Gasteiger partial charge in [0.15, 0.2) is 0 Å². The maximum atomic E-state index is 6.11. The van der Waals surface area contributed by atoms with Crippen LogP contribution in [0.2, 0.25) is 0 Å². The third-order valence-electron chi connectivity index (χ3n) is 3.22. The van der Waals surface area contributed by atoms with Crippen LogP contribution in [0.3, 0.4) is 0 Å². The van der Waals surface area contributed by atoms with E-state index >= 15 is 0 Å². The lowest BCUT2D eigenvalue weighted by atomic mass is 10.1. The van der Waals surface area contributed by atoms with E-state index < -0.39 is 0 Å². The van der Waals surface area contributed by atoms with Gasteiger partial charge in [-0.3, -0.25) is 0 Å². The van der Waals surface area contributed by atoms with Gasteiger partial charge in [-0.05, 0) is 36.2 Å². The Morgan fingerprint density at radius 1 is 1.35 bits per heavy atom. The van der Waals surface area contributed by atoms with E-state index in [2.05, 4.69) is 45.9 Å². The van der Waals surface area contributed by atoms with E-state index in [1.54, 1.807) is 0 Å². The molecular formula is C16H21BrN2O. The number of aromatic nitrogens is 1. The summed E-state index contributed by atoms with van der Waals surface area (Å²) in [5, 5.41) is 0. The van der Waals surface area contributed by atoms with Crippen molar-refractivity contribution in [3.63, 3.8) is 0 Å². The zero-order chi connectivity index (χ0) is 14.4. The fraction of sp³-hybridized carbons (Fsp3) is 0.375. The molecule has 0 radical (unpaired) electrons. The van der Waals surface area contributed by atoms with Crippen LogP contribution in [0.5, 0.6) is 5.75 Å². The molecule has 0 aliphatic rings. The molecular weight excluding hydrogens is 316 g/mol. The zero-order valence-corrected chi connectivity index (χ0v) is 13.3. The summed E-state index contributed by atoms with van der Waals surface area (Å²) >= 11 is 3.43. The number of halogens is 1. The summed E-state index contributed by atoms with van der Waals surface area (Å²) in [5.41, 5.74) is 7.31. The molecule has 4 heteroatoms. The van der Waals surface area contributed by atoms with Gasteiger partial charge in [0, 0.05) is 22.9 Å². The molecule has 0 saturated heterocycles. The Labute approximate surface area is 128 Å². The molecule has 0 spiro atoms. The molecule has 1 aromatic heterocycles. The minimum Gasteiger partial charge on any atom is -0.492 e. The minimum absolute atomic E-state index is 0.146. The van der Waals surface area contributed by atoms with Crippen molar-refractivity contribution in [3.8, 4) is 5.75 Å². The van der Waals surface area contributed by atoms with Gasteiger partial charge in [-0.2, -0.15) is 0 Å². The molecule has 0 aliphatic carbocycles. The van der Waals surface area contributed by atoms with Crippen molar-refractivity contribution >= 4 is 15.9 Å². The van der Waals surface area contributed by atoms with Crippen LogP contribution in [0.1, 0.15) is 31.4 Å². The van der Waals surface area contributed by atoms with E-state index in [9.17, 15) is 0 Å².